The lowest BCUT2D eigenvalue weighted by Crippen LogP contribution is -2.31. The average Bonchev–Trinajstić information content (AvgIpc) is 2.36. The standard InChI is InChI=1S/C14H17BrF2O4/c1-13(2,12(18)19)7-14(16,17)8-5-6-9(20-3)10(15)11(8)21-4/h5-6H,7H2,1-4H3,(H,18,19). The molecule has 0 saturated heterocycles. The Balaban J connectivity index is 3.32. The lowest BCUT2D eigenvalue weighted by atomic mass is 9.84. The topological polar surface area (TPSA) is 55.8 Å². The van der Waals surface area contributed by atoms with E-state index in [4.69, 9.17) is 14.6 Å². The number of hydrogen-bond acceptors (Lipinski definition) is 3. The first kappa shape index (κ1) is 17.7. The van der Waals surface area contributed by atoms with Crippen molar-refractivity contribution in [2.24, 2.45) is 5.41 Å². The lowest BCUT2D eigenvalue weighted by molar-refractivity contribution is -0.153. The normalized spacial score (nSPS) is 12.1. The van der Waals surface area contributed by atoms with Gasteiger partial charge in [-0.3, -0.25) is 4.79 Å². The van der Waals surface area contributed by atoms with Crippen molar-refractivity contribution in [1.29, 1.82) is 0 Å². The number of aliphatic carboxylic acids is 1. The van der Waals surface area contributed by atoms with Crippen LogP contribution >= 0.6 is 15.9 Å². The molecule has 0 aliphatic carbocycles. The number of rotatable bonds is 6. The molecule has 0 atom stereocenters. The maximum atomic E-state index is 14.5. The molecule has 1 N–H and O–H groups in total. The highest BCUT2D eigenvalue weighted by atomic mass is 79.9. The summed E-state index contributed by atoms with van der Waals surface area (Å²) in [6.45, 7) is 2.52. The van der Waals surface area contributed by atoms with E-state index in [1.165, 1.54) is 40.2 Å². The average molecular weight is 367 g/mol. The quantitative estimate of drug-likeness (QED) is 0.824. The molecule has 0 heterocycles. The van der Waals surface area contributed by atoms with Crippen molar-refractivity contribution in [1.82, 2.24) is 0 Å². The Morgan fingerprint density at radius 1 is 1.29 bits per heavy atom. The van der Waals surface area contributed by atoms with Crippen LogP contribution in [0.1, 0.15) is 25.8 Å². The predicted octanol–water partition coefficient (Wildman–Crippen LogP) is 4.06. The zero-order chi connectivity index (χ0) is 16.4. The van der Waals surface area contributed by atoms with Crippen molar-refractivity contribution in [2.45, 2.75) is 26.2 Å². The molecule has 0 amide bonds. The van der Waals surface area contributed by atoms with E-state index in [9.17, 15) is 13.6 Å². The Kier molecular flexibility index (Phi) is 5.20. The number of alkyl halides is 2. The number of methoxy groups -OCH3 is 2. The predicted molar refractivity (Wildman–Crippen MR) is 77.2 cm³/mol. The molecule has 118 valence electrons. The van der Waals surface area contributed by atoms with E-state index in [2.05, 4.69) is 15.9 Å². The third-order valence-electron chi connectivity index (χ3n) is 3.12. The Morgan fingerprint density at radius 2 is 1.86 bits per heavy atom. The van der Waals surface area contributed by atoms with E-state index in [1.54, 1.807) is 0 Å². The van der Waals surface area contributed by atoms with Gasteiger partial charge in [0.25, 0.3) is 5.92 Å². The van der Waals surface area contributed by atoms with Gasteiger partial charge in [0.05, 0.1) is 25.2 Å². The molecular formula is C14H17BrF2O4. The smallest absolute Gasteiger partial charge is 0.309 e. The second-order valence-corrected chi connectivity index (χ2v) is 6.03. The van der Waals surface area contributed by atoms with Crippen LogP contribution in [0.25, 0.3) is 0 Å². The van der Waals surface area contributed by atoms with Gasteiger partial charge in [0.2, 0.25) is 0 Å². The summed E-state index contributed by atoms with van der Waals surface area (Å²) in [6, 6.07) is 2.56. The zero-order valence-corrected chi connectivity index (χ0v) is 13.8. The van der Waals surface area contributed by atoms with Crippen LogP contribution < -0.4 is 9.47 Å². The van der Waals surface area contributed by atoms with E-state index in [0.29, 0.717) is 5.75 Å². The lowest BCUT2D eigenvalue weighted by Gasteiger charge is -2.27. The molecule has 4 nitrogen and oxygen atoms in total. The van der Waals surface area contributed by atoms with Gasteiger partial charge >= 0.3 is 5.97 Å². The minimum absolute atomic E-state index is 0.0689. The maximum absolute atomic E-state index is 14.5. The van der Waals surface area contributed by atoms with Gasteiger partial charge in [-0.1, -0.05) is 0 Å². The van der Waals surface area contributed by atoms with Crippen LogP contribution in [0.3, 0.4) is 0 Å². The molecule has 0 bridgehead atoms. The maximum Gasteiger partial charge on any atom is 0.309 e. The van der Waals surface area contributed by atoms with Crippen LogP contribution in [0.5, 0.6) is 11.5 Å². The third kappa shape index (κ3) is 3.64. The second kappa shape index (κ2) is 6.17. The summed E-state index contributed by atoms with van der Waals surface area (Å²) in [5.41, 5.74) is -1.95. The van der Waals surface area contributed by atoms with Gasteiger partial charge in [-0.2, -0.15) is 0 Å². The highest BCUT2D eigenvalue weighted by Crippen LogP contribution is 2.47. The fourth-order valence-corrected chi connectivity index (χ4v) is 2.58. The van der Waals surface area contributed by atoms with Gasteiger partial charge < -0.3 is 14.6 Å². The number of halogens is 3. The highest BCUT2D eigenvalue weighted by Gasteiger charge is 2.44. The summed E-state index contributed by atoms with van der Waals surface area (Å²) in [5.74, 6) is -4.36. The van der Waals surface area contributed by atoms with Crippen LogP contribution in [-0.2, 0) is 10.7 Å². The molecule has 1 aromatic carbocycles. The summed E-state index contributed by atoms with van der Waals surface area (Å²) in [7, 11) is 2.67. The van der Waals surface area contributed by atoms with E-state index >= 15 is 0 Å². The number of carbonyl (C=O) groups is 1. The molecule has 0 radical (unpaired) electrons. The van der Waals surface area contributed by atoms with Crippen molar-refractivity contribution in [3.63, 3.8) is 0 Å². The van der Waals surface area contributed by atoms with E-state index < -0.39 is 23.7 Å². The highest BCUT2D eigenvalue weighted by molar-refractivity contribution is 9.10. The monoisotopic (exact) mass is 366 g/mol. The van der Waals surface area contributed by atoms with Crippen LogP contribution in [0.15, 0.2) is 16.6 Å². The van der Waals surface area contributed by atoms with Gasteiger partial charge in [0.15, 0.2) is 0 Å². The third-order valence-corrected chi connectivity index (χ3v) is 3.87. The molecule has 21 heavy (non-hydrogen) atoms. The van der Waals surface area contributed by atoms with Gasteiger partial charge in [-0.25, -0.2) is 8.78 Å². The van der Waals surface area contributed by atoms with Gasteiger partial charge in [0.1, 0.15) is 16.0 Å². The van der Waals surface area contributed by atoms with Gasteiger partial charge in [-0.05, 0) is 41.9 Å². The van der Waals surface area contributed by atoms with Crippen molar-refractivity contribution >= 4 is 21.9 Å². The van der Waals surface area contributed by atoms with Crippen LogP contribution in [0.2, 0.25) is 0 Å². The Morgan fingerprint density at radius 3 is 2.29 bits per heavy atom. The number of carboxylic acids is 1. The first-order valence-corrected chi connectivity index (χ1v) is 6.88. The molecule has 0 unspecified atom stereocenters. The Labute approximate surface area is 130 Å². The molecule has 7 heteroatoms. The molecular weight excluding hydrogens is 350 g/mol. The first-order chi connectivity index (χ1) is 9.56. The van der Waals surface area contributed by atoms with E-state index in [-0.39, 0.29) is 15.8 Å². The molecule has 0 saturated carbocycles. The molecule has 1 aromatic rings. The summed E-state index contributed by atoms with van der Waals surface area (Å²) >= 11 is 3.15. The second-order valence-electron chi connectivity index (χ2n) is 5.23. The fraction of sp³-hybridized carbons (Fsp3) is 0.500. The minimum Gasteiger partial charge on any atom is -0.495 e. The van der Waals surface area contributed by atoms with Crippen molar-refractivity contribution in [3.05, 3.63) is 22.2 Å². The summed E-state index contributed by atoms with van der Waals surface area (Å²) in [4.78, 5) is 11.1. The Hall–Kier alpha value is -1.37. The molecule has 0 spiro atoms. The van der Waals surface area contributed by atoms with Gasteiger partial charge in [0, 0.05) is 6.42 Å². The fourth-order valence-electron chi connectivity index (χ4n) is 1.91. The van der Waals surface area contributed by atoms with Crippen molar-refractivity contribution in [3.8, 4) is 11.5 Å². The van der Waals surface area contributed by atoms with E-state index in [1.807, 2.05) is 0 Å². The number of carboxylic acid groups (broad SMARTS) is 1. The molecule has 0 aliphatic heterocycles. The number of hydrogen-bond donors (Lipinski definition) is 1. The van der Waals surface area contributed by atoms with Gasteiger partial charge in [-0.15, -0.1) is 0 Å². The summed E-state index contributed by atoms with van der Waals surface area (Å²) in [5, 5.41) is 9.02. The molecule has 0 fully saturated rings. The summed E-state index contributed by atoms with van der Waals surface area (Å²) in [6.07, 6.45) is -0.843. The summed E-state index contributed by atoms with van der Waals surface area (Å²) < 4.78 is 39.3. The molecule has 1 rings (SSSR count). The minimum atomic E-state index is -3.36. The molecule has 0 aliphatic rings. The van der Waals surface area contributed by atoms with Crippen LogP contribution in [0.4, 0.5) is 8.78 Å². The number of benzene rings is 1. The molecule has 0 aromatic heterocycles. The van der Waals surface area contributed by atoms with Crippen LogP contribution in [0, 0.1) is 5.41 Å². The zero-order valence-electron chi connectivity index (χ0n) is 12.2. The Bertz CT molecular complexity index is 544. The van der Waals surface area contributed by atoms with Crippen molar-refractivity contribution < 1.29 is 28.2 Å². The SMILES string of the molecule is COc1ccc(C(F)(F)CC(C)(C)C(=O)O)c(OC)c1Br. The van der Waals surface area contributed by atoms with Crippen LogP contribution in [-0.4, -0.2) is 25.3 Å². The van der Waals surface area contributed by atoms with Crippen molar-refractivity contribution in [2.75, 3.05) is 14.2 Å². The van der Waals surface area contributed by atoms with E-state index in [0.717, 1.165) is 0 Å². The largest absolute Gasteiger partial charge is 0.495 e. The number of ether oxygens (including phenoxy) is 2. The first-order valence-electron chi connectivity index (χ1n) is 6.09.